The van der Waals surface area contributed by atoms with Crippen molar-refractivity contribution >= 4 is 0 Å². The van der Waals surface area contributed by atoms with Gasteiger partial charge in [0.05, 0.1) is 19.3 Å². The van der Waals surface area contributed by atoms with E-state index in [0.717, 1.165) is 11.5 Å². The van der Waals surface area contributed by atoms with Crippen LogP contribution in [0.3, 0.4) is 0 Å². The Morgan fingerprint density at radius 1 is 1.25 bits per heavy atom. The first-order chi connectivity index (χ1) is 5.77. The molecule has 0 aliphatic rings. The van der Waals surface area contributed by atoms with E-state index in [-0.39, 0.29) is 0 Å². The Morgan fingerprint density at radius 2 is 1.92 bits per heavy atom. The highest BCUT2D eigenvalue weighted by molar-refractivity contribution is 5.30. The number of rotatable bonds is 4. The van der Waals surface area contributed by atoms with Crippen molar-refractivity contribution in [3.63, 3.8) is 0 Å². The topological polar surface area (TPSA) is 31.6 Å². The Kier molecular flexibility index (Phi) is 3.02. The summed E-state index contributed by atoms with van der Waals surface area (Å²) in [6, 6.07) is 1.77. The lowest BCUT2D eigenvalue weighted by molar-refractivity contribution is 0.252. The molecular formula is C9H14O3. The lowest BCUT2D eigenvalue weighted by atomic mass is 10.4. The van der Waals surface area contributed by atoms with Crippen LogP contribution in [0.25, 0.3) is 0 Å². The van der Waals surface area contributed by atoms with Gasteiger partial charge < -0.3 is 13.9 Å². The van der Waals surface area contributed by atoms with Gasteiger partial charge in [0.25, 0.3) is 5.95 Å². The van der Waals surface area contributed by atoms with Gasteiger partial charge in [-0.25, -0.2) is 0 Å². The van der Waals surface area contributed by atoms with Gasteiger partial charge in [-0.1, -0.05) is 0 Å². The molecule has 0 radical (unpaired) electrons. The van der Waals surface area contributed by atoms with Crippen molar-refractivity contribution < 1.29 is 13.9 Å². The summed E-state index contributed by atoms with van der Waals surface area (Å²) < 4.78 is 15.7. The molecule has 1 rings (SSSR count). The van der Waals surface area contributed by atoms with Gasteiger partial charge in [0, 0.05) is 0 Å². The molecule has 3 nitrogen and oxygen atoms in total. The monoisotopic (exact) mass is 170 g/mol. The Balaban J connectivity index is 2.70. The van der Waals surface area contributed by atoms with Crippen molar-refractivity contribution in [1.29, 1.82) is 0 Å². The molecule has 0 amide bonds. The minimum Gasteiger partial charge on any atom is -0.490 e. The molecule has 0 saturated heterocycles. The zero-order chi connectivity index (χ0) is 8.97. The predicted octanol–water partition coefficient (Wildman–Crippen LogP) is 2.39. The first-order valence-electron chi connectivity index (χ1n) is 4.14. The molecule has 0 atom stereocenters. The van der Waals surface area contributed by atoms with Gasteiger partial charge in [-0.05, 0) is 20.8 Å². The smallest absolute Gasteiger partial charge is 0.288 e. The molecule has 1 heterocycles. The van der Waals surface area contributed by atoms with E-state index in [1.54, 1.807) is 6.07 Å². The number of ether oxygens (including phenoxy) is 2. The second-order valence-corrected chi connectivity index (χ2v) is 2.35. The fourth-order valence-electron chi connectivity index (χ4n) is 0.952. The molecule has 0 aliphatic carbocycles. The maximum Gasteiger partial charge on any atom is 0.288 e. The van der Waals surface area contributed by atoms with E-state index in [1.165, 1.54) is 0 Å². The van der Waals surface area contributed by atoms with Crippen LogP contribution in [0.4, 0.5) is 0 Å². The standard InChI is InChI=1S/C9H14O3/c1-4-10-8-6-9(11-5-2)12-7(8)3/h6H,4-5H2,1-3H3. The normalized spacial score (nSPS) is 9.92. The quantitative estimate of drug-likeness (QED) is 0.695. The molecule has 0 N–H and O–H groups in total. The highest BCUT2D eigenvalue weighted by Crippen LogP contribution is 2.27. The first kappa shape index (κ1) is 8.97. The van der Waals surface area contributed by atoms with Crippen molar-refractivity contribution in [2.45, 2.75) is 20.8 Å². The molecule has 0 aromatic carbocycles. The van der Waals surface area contributed by atoms with Gasteiger partial charge in [-0.3, -0.25) is 0 Å². The van der Waals surface area contributed by atoms with E-state index in [1.807, 2.05) is 20.8 Å². The van der Waals surface area contributed by atoms with Crippen LogP contribution in [-0.2, 0) is 0 Å². The van der Waals surface area contributed by atoms with E-state index in [4.69, 9.17) is 13.9 Å². The maximum atomic E-state index is 5.29. The maximum absolute atomic E-state index is 5.29. The average molecular weight is 170 g/mol. The Labute approximate surface area is 72.3 Å². The molecule has 0 spiro atoms. The third-order valence-corrected chi connectivity index (χ3v) is 1.44. The minimum absolute atomic E-state index is 0.526. The van der Waals surface area contributed by atoms with E-state index < -0.39 is 0 Å². The zero-order valence-corrected chi connectivity index (χ0v) is 7.72. The Bertz CT molecular complexity index is 240. The minimum atomic E-state index is 0.526. The van der Waals surface area contributed by atoms with Crippen LogP contribution in [0.5, 0.6) is 11.7 Å². The fraction of sp³-hybridized carbons (Fsp3) is 0.556. The molecule has 0 unspecified atom stereocenters. The van der Waals surface area contributed by atoms with Crippen molar-refractivity contribution in [2.24, 2.45) is 0 Å². The Morgan fingerprint density at radius 3 is 2.50 bits per heavy atom. The molecule has 3 heteroatoms. The van der Waals surface area contributed by atoms with Gasteiger partial charge in [-0.15, -0.1) is 0 Å². The van der Waals surface area contributed by atoms with Gasteiger partial charge in [0.2, 0.25) is 0 Å². The Hall–Kier alpha value is -1.12. The lowest BCUT2D eigenvalue weighted by Crippen LogP contribution is -1.90. The van der Waals surface area contributed by atoms with E-state index in [0.29, 0.717) is 19.2 Å². The van der Waals surface area contributed by atoms with Crippen LogP contribution in [0.15, 0.2) is 10.5 Å². The average Bonchev–Trinajstić information content (AvgIpc) is 2.34. The molecule has 0 aliphatic heterocycles. The number of hydrogen-bond acceptors (Lipinski definition) is 3. The van der Waals surface area contributed by atoms with Crippen molar-refractivity contribution in [3.8, 4) is 11.7 Å². The zero-order valence-electron chi connectivity index (χ0n) is 7.72. The van der Waals surface area contributed by atoms with Crippen molar-refractivity contribution in [2.75, 3.05) is 13.2 Å². The first-order valence-corrected chi connectivity index (χ1v) is 4.14. The third kappa shape index (κ3) is 1.94. The van der Waals surface area contributed by atoms with E-state index in [9.17, 15) is 0 Å². The van der Waals surface area contributed by atoms with Gasteiger partial charge in [-0.2, -0.15) is 0 Å². The number of furan rings is 1. The van der Waals surface area contributed by atoms with Crippen LogP contribution in [0, 0.1) is 6.92 Å². The summed E-state index contributed by atoms with van der Waals surface area (Å²) in [5, 5.41) is 0. The highest BCUT2D eigenvalue weighted by atomic mass is 16.6. The molecule has 68 valence electrons. The summed E-state index contributed by atoms with van der Waals surface area (Å²) in [6.07, 6.45) is 0. The molecule has 1 aromatic rings. The van der Waals surface area contributed by atoms with Crippen LogP contribution >= 0.6 is 0 Å². The number of aryl methyl sites for hydroxylation is 1. The summed E-state index contributed by atoms with van der Waals surface area (Å²) in [4.78, 5) is 0. The second kappa shape index (κ2) is 4.04. The van der Waals surface area contributed by atoms with Gasteiger partial charge in [0.15, 0.2) is 5.75 Å². The van der Waals surface area contributed by atoms with Gasteiger partial charge in [0.1, 0.15) is 5.76 Å². The molecule has 0 bridgehead atoms. The molecule has 12 heavy (non-hydrogen) atoms. The van der Waals surface area contributed by atoms with Crippen molar-refractivity contribution in [1.82, 2.24) is 0 Å². The van der Waals surface area contributed by atoms with Crippen LogP contribution in [0.2, 0.25) is 0 Å². The third-order valence-electron chi connectivity index (χ3n) is 1.44. The van der Waals surface area contributed by atoms with E-state index in [2.05, 4.69) is 0 Å². The second-order valence-electron chi connectivity index (χ2n) is 2.35. The summed E-state index contributed by atoms with van der Waals surface area (Å²) in [5.41, 5.74) is 0. The predicted molar refractivity (Wildman–Crippen MR) is 45.8 cm³/mol. The summed E-state index contributed by atoms with van der Waals surface area (Å²) in [7, 11) is 0. The highest BCUT2D eigenvalue weighted by Gasteiger charge is 2.07. The van der Waals surface area contributed by atoms with Crippen LogP contribution < -0.4 is 9.47 Å². The number of hydrogen-bond donors (Lipinski definition) is 0. The van der Waals surface area contributed by atoms with Crippen LogP contribution in [0.1, 0.15) is 19.6 Å². The molecule has 0 saturated carbocycles. The largest absolute Gasteiger partial charge is 0.490 e. The summed E-state index contributed by atoms with van der Waals surface area (Å²) >= 11 is 0. The van der Waals surface area contributed by atoms with Crippen molar-refractivity contribution in [3.05, 3.63) is 11.8 Å². The molecule has 0 fully saturated rings. The summed E-state index contributed by atoms with van der Waals surface area (Å²) in [5.74, 6) is 2.06. The molecular weight excluding hydrogens is 156 g/mol. The van der Waals surface area contributed by atoms with Crippen LogP contribution in [-0.4, -0.2) is 13.2 Å². The molecule has 1 aromatic heterocycles. The summed E-state index contributed by atoms with van der Waals surface area (Å²) in [6.45, 7) is 6.96. The van der Waals surface area contributed by atoms with E-state index >= 15 is 0 Å². The van der Waals surface area contributed by atoms with Gasteiger partial charge >= 0.3 is 0 Å². The fourth-order valence-corrected chi connectivity index (χ4v) is 0.952. The SMILES string of the molecule is CCOc1cc(OCC)c(C)o1. The lowest BCUT2D eigenvalue weighted by Gasteiger charge is -1.96.